The molecule has 0 aromatic carbocycles. The van der Waals surface area contributed by atoms with Crippen LogP contribution in [0.1, 0.15) is 9.67 Å². The minimum absolute atomic E-state index is 0.176. The fourth-order valence-electron chi connectivity index (χ4n) is 2.10. The summed E-state index contributed by atoms with van der Waals surface area (Å²) in [5, 5.41) is 5.45. The number of hydrogen-bond acceptors (Lipinski definition) is 6. The largest absolute Gasteiger partial charge is 0.297 e. The highest BCUT2D eigenvalue weighted by atomic mass is 32.1. The highest BCUT2D eigenvalue weighted by Gasteiger charge is 2.15. The van der Waals surface area contributed by atoms with Crippen molar-refractivity contribution >= 4 is 49.6 Å². The number of carbonyl (C=O) groups is 1. The first-order valence-corrected chi connectivity index (χ1v) is 8.04. The molecular weight excluding hydrogens is 320 g/mol. The van der Waals surface area contributed by atoms with E-state index in [-0.39, 0.29) is 11.5 Å². The lowest BCUT2D eigenvalue weighted by Gasteiger charge is -1.97. The molecule has 8 heteroatoms. The molecule has 108 valence electrons. The number of rotatable bonds is 2. The second-order valence-electron chi connectivity index (χ2n) is 4.47. The van der Waals surface area contributed by atoms with Crippen LogP contribution in [0.2, 0.25) is 0 Å². The van der Waals surface area contributed by atoms with Crippen molar-refractivity contribution in [1.29, 1.82) is 0 Å². The molecule has 0 aliphatic heterocycles. The number of thiazole rings is 1. The van der Waals surface area contributed by atoms with Crippen molar-refractivity contribution in [3.8, 4) is 0 Å². The second kappa shape index (κ2) is 5.00. The lowest BCUT2D eigenvalue weighted by atomic mass is 10.3. The predicted molar refractivity (Wildman–Crippen MR) is 86.9 cm³/mol. The number of fused-ring (bicyclic) bond motifs is 2. The monoisotopic (exact) mass is 328 g/mol. The van der Waals surface area contributed by atoms with Gasteiger partial charge in [-0.25, -0.2) is 9.97 Å². The van der Waals surface area contributed by atoms with E-state index < -0.39 is 0 Å². The van der Waals surface area contributed by atoms with Gasteiger partial charge in [0.25, 0.3) is 11.5 Å². The molecule has 4 aromatic heterocycles. The molecule has 4 rings (SSSR count). The molecule has 0 saturated heterocycles. The molecule has 0 aliphatic rings. The van der Waals surface area contributed by atoms with E-state index in [9.17, 15) is 9.59 Å². The summed E-state index contributed by atoms with van der Waals surface area (Å²) < 4.78 is 1.47. The smallest absolute Gasteiger partial charge is 0.267 e. The maximum atomic E-state index is 12.4. The number of anilines is 1. The molecule has 0 fully saturated rings. The summed E-state index contributed by atoms with van der Waals surface area (Å²) >= 11 is 2.53. The number of aromatic nitrogens is 3. The fraction of sp³-hybridized carbons (Fsp3) is 0. The van der Waals surface area contributed by atoms with Crippen molar-refractivity contribution in [3.63, 3.8) is 0 Å². The average molecular weight is 328 g/mol. The molecule has 4 heterocycles. The van der Waals surface area contributed by atoms with Crippen LogP contribution < -0.4 is 10.9 Å². The molecule has 1 N–H and O–H groups in total. The Hall–Kier alpha value is -2.58. The zero-order valence-corrected chi connectivity index (χ0v) is 12.6. The average Bonchev–Trinajstić information content (AvgIpc) is 3.17. The number of carbonyl (C=O) groups excluding carboxylic acids is 1. The standard InChI is InChI=1S/C14H8N4O2S2/c19-11(17-14-15-4-6-21-14)9-7-8-12(22-9)16-10-3-1-2-5-18(10)13(8)20/h1-7H,(H,15,17,19). The summed E-state index contributed by atoms with van der Waals surface area (Å²) in [4.78, 5) is 34.1. The van der Waals surface area contributed by atoms with Gasteiger partial charge in [0.1, 0.15) is 10.5 Å². The van der Waals surface area contributed by atoms with Crippen LogP contribution in [0.5, 0.6) is 0 Å². The van der Waals surface area contributed by atoms with Crippen molar-refractivity contribution in [1.82, 2.24) is 14.4 Å². The van der Waals surface area contributed by atoms with Gasteiger partial charge in [-0.15, -0.1) is 22.7 Å². The van der Waals surface area contributed by atoms with E-state index in [2.05, 4.69) is 15.3 Å². The maximum absolute atomic E-state index is 12.4. The molecule has 0 aliphatic carbocycles. The Balaban J connectivity index is 1.83. The van der Waals surface area contributed by atoms with E-state index in [1.54, 1.807) is 36.0 Å². The number of hydrogen-bond donors (Lipinski definition) is 1. The van der Waals surface area contributed by atoms with Gasteiger partial charge in [0, 0.05) is 17.8 Å². The van der Waals surface area contributed by atoms with Gasteiger partial charge in [0.05, 0.1) is 10.3 Å². The Labute approximate surface area is 131 Å². The van der Waals surface area contributed by atoms with Gasteiger partial charge in [-0.2, -0.15) is 0 Å². The van der Waals surface area contributed by atoms with Crippen LogP contribution >= 0.6 is 22.7 Å². The molecule has 0 radical (unpaired) electrons. The molecule has 1 amide bonds. The Bertz CT molecular complexity index is 1050. The maximum Gasteiger partial charge on any atom is 0.267 e. The van der Waals surface area contributed by atoms with Crippen LogP contribution in [-0.4, -0.2) is 20.3 Å². The van der Waals surface area contributed by atoms with Crippen molar-refractivity contribution in [2.75, 3.05) is 5.32 Å². The minimum atomic E-state index is -0.286. The Kier molecular flexibility index (Phi) is 2.98. The molecule has 0 bridgehead atoms. The van der Waals surface area contributed by atoms with Crippen molar-refractivity contribution in [3.05, 3.63) is 57.3 Å². The summed E-state index contributed by atoms with van der Waals surface area (Å²) in [7, 11) is 0. The van der Waals surface area contributed by atoms with Crippen LogP contribution in [0.15, 0.2) is 46.8 Å². The number of nitrogens with zero attached hydrogens (tertiary/aromatic N) is 3. The number of pyridine rings is 1. The SMILES string of the molecule is O=C(Nc1nccs1)c1cc2c(=O)n3ccccc3nc2s1. The number of amides is 1. The molecule has 0 saturated carbocycles. The summed E-state index contributed by atoms with van der Waals surface area (Å²) in [6.45, 7) is 0. The zero-order valence-electron chi connectivity index (χ0n) is 11.0. The lowest BCUT2D eigenvalue weighted by molar-refractivity contribution is 0.103. The van der Waals surface area contributed by atoms with Gasteiger partial charge < -0.3 is 0 Å². The van der Waals surface area contributed by atoms with Crippen LogP contribution in [-0.2, 0) is 0 Å². The first kappa shape index (κ1) is 13.1. The molecule has 22 heavy (non-hydrogen) atoms. The van der Waals surface area contributed by atoms with Gasteiger partial charge in [-0.05, 0) is 18.2 Å². The van der Waals surface area contributed by atoms with Gasteiger partial charge in [0.15, 0.2) is 5.13 Å². The number of thiophene rings is 1. The molecule has 0 spiro atoms. The van der Waals surface area contributed by atoms with Crippen molar-refractivity contribution in [2.45, 2.75) is 0 Å². The Morgan fingerprint density at radius 2 is 2.23 bits per heavy atom. The Morgan fingerprint density at radius 3 is 3.05 bits per heavy atom. The summed E-state index contributed by atoms with van der Waals surface area (Å²) in [6, 6.07) is 6.93. The first-order valence-electron chi connectivity index (χ1n) is 6.34. The third kappa shape index (κ3) is 2.09. The van der Waals surface area contributed by atoms with E-state index in [1.165, 1.54) is 27.1 Å². The predicted octanol–water partition coefficient (Wildman–Crippen LogP) is 2.62. The summed E-state index contributed by atoms with van der Waals surface area (Å²) in [6.07, 6.45) is 3.28. The van der Waals surface area contributed by atoms with Crippen LogP contribution in [0.3, 0.4) is 0 Å². The highest BCUT2D eigenvalue weighted by molar-refractivity contribution is 7.20. The molecule has 0 unspecified atom stereocenters. The summed E-state index contributed by atoms with van der Waals surface area (Å²) in [5.41, 5.74) is 0.388. The van der Waals surface area contributed by atoms with Gasteiger partial charge in [-0.1, -0.05) is 6.07 Å². The third-order valence-electron chi connectivity index (χ3n) is 3.09. The molecule has 6 nitrogen and oxygen atoms in total. The van der Waals surface area contributed by atoms with Crippen LogP contribution in [0.4, 0.5) is 5.13 Å². The van der Waals surface area contributed by atoms with E-state index in [4.69, 9.17) is 0 Å². The first-order chi connectivity index (χ1) is 10.7. The molecular formula is C14H8N4O2S2. The number of nitrogens with one attached hydrogen (secondary N) is 1. The van der Waals surface area contributed by atoms with E-state index >= 15 is 0 Å². The summed E-state index contributed by atoms with van der Waals surface area (Å²) in [5.74, 6) is -0.286. The lowest BCUT2D eigenvalue weighted by Crippen LogP contribution is -2.13. The van der Waals surface area contributed by atoms with Crippen molar-refractivity contribution in [2.24, 2.45) is 0 Å². The van der Waals surface area contributed by atoms with Crippen molar-refractivity contribution < 1.29 is 4.79 Å². The quantitative estimate of drug-likeness (QED) is 0.614. The zero-order chi connectivity index (χ0) is 15.1. The third-order valence-corrected chi connectivity index (χ3v) is 4.81. The van der Waals surface area contributed by atoms with E-state index in [1.807, 2.05) is 6.07 Å². The van der Waals surface area contributed by atoms with Gasteiger partial charge in [0.2, 0.25) is 0 Å². The van der Waals surface area contributed by atoms with E-state index in [0.717, 1.165) is 0 Å². The minimum Gasteiger partial charge on any atom is -0.297 e. The van der Waals surface area contributed by atoms with E-state index in [0.29, 0.717) is 25.9 Å². The van der Waals surface area contributed by atoms with Gasteiger partial charge >= 0.3 is 0 Å². The van der Waals surface area contributed by atoms with Gasteiger partial charge in [-0.3, -0.25) is 19.3 Å². The highest BCUT2D eigenvalue weighted by Crippen LogP contribution is 2.23. The Morgan fingerprint density at radius 1 is 1.32 bits per heavy atom. The molecule has 0 atom stereocenters. The normalized spacial score (nSPS) is 11.1. The molecule has 4 aromatic rings. The fourth-order valence-corrected chi connectivity index (χ4v) is 3.55. The topological polar surface area (TPSA) is 76.4 Å². The second-order valence-corrected chi connectivity index (χ2v) is 6.39. The van der Waals surface area contributed by atoms with Crippen LogP contribution in [0.25, 0.3) is 15.9 Å². The van der Waals surface area contributed by atoms with Crippen LogP contribution in [0, 0.1) is 0 Å².